The summed E-state index contributed by atoms with van der Waals surface area (Å²) < 4.78 is 0. The average Bonchev–Trinajstić information content (AvgIpc) is 1.99. The summed E-state index contributed by atoms with van der Waals surface area (Å²) in [5, 5.41) is 3.38. The van der Waals surface area contributed by atoms with Crippen molar-refractivity contribution in [3.8, 4) is 0 Å². The van der Waals surface area contributed by atoms with Gasteiger partial charge in [0, 0.05) is 19.6 Å². The molecule has 0 bridgehead atoms. The zero-order chi connectivity index (χ0) is 10.1. The number of carbonyl (C=O) groups excluding carboxylic acids is 1. The van der Waals surface area contributed by atoms with Gasteiger partial charge in [-0.2, -0.15) is 0 Å². The maximum Gasteiger partial charge on any atom is 0.238 e. The van der Waals surface area contributed by atoms with Crippen molar-refractivity contribution in [2.24, 2.45) is 0 Å². The molecule has 1 unspecified atom stereocenters. The van der Waals surface area contributed by atoms with Crippen LogP contribution in [0.5, 0.6) is 0 Å². The smallest absolute Gasteiger partial charge is 0.238 e. The van der Waals surface area contributed by atoms with Gasteiger partial charge in [-0.1, -0.05) is 0 Å². The first-order valence-corrected chi connectivity index (χ1v) is 4.93. The minimum absolute atomic E-state index is 0.0553. The lowest BCUT2D eigenvalue weighted by atomic mass is 9.78. The Bertz CT molecular complexity index is 197. The minimum Gasteiger partial charge on any atom is -0.347 e. The molecule has 3 nitrogen and oxygen atoms in total. The number of hydrogen-bond donors (Lipinski definition) is 1. The number of nitrogens with zero attached hydrogens (tertiary/aromatic N) is 1. The maximum absolute atomic E-state index is 11.5. The van der Waals surface area contributed by atoms with Crippen molar-refractivity contribution in [2.45, 2.75) is 44.7 Å². The first-order valence-electron chi connectivity index (χ1n) is 4.93. The molecular formula is C10H20N2O. The fourth-order valence-electron chi connectivity index (χ4n) is 1.82. The summed E-state index contributed by atoms with van der Waals surface area (Å²) in [6.45, 7) is 4.13. The summed E-state index contributed by atoms with van der Waals surface area (Å²) in [7, 11) is 3.59. The highest BCUT2D eigenvalue weighted by Crippen LogP contribution is 2.31. The molecule has 76 valence electrons. The Labute approximate surface area is 80.5 Å². The molecule has 0 saturated heterocycles. The Hall–Kier alpha value is -0.570. The van der Waals surface area contributed by atoms with Crippen LogP contribution >= 0.6 is 0 Å². The average molecular weight is 184 g/mol. The van der Waals surface area contributed by atoms with E-state index in [0.717, 1.165) is 0 Å². The van der Waals surface area contributed by atoms with Gasteiger partial charge < -0.3 is 10.2 Å². The molecular weight excluding hydrogens is 164 g/mol. The Morgan fingerprint density at radius 1 is 1.46 bits per heavy atom. The van der Waals surface area contributed by atoms with E-state index in [1.54, 1.807) is 19.0 Å². The zero-order valence-electron chi connectivity index (χ0n) is 9.05. The second kappa shape index (κ2) is 3.66. The lowest BCUT2D eigenvalue weighted by Crippen LogP contribution is -2.56. The Kier molecular flexibility index (Phi) is 2.96. The summed E-state index contributed by atoms with van der Waals surface area (Å²) in [5.74, 6) is 0.160. The quantitative estimate of drug-likeness (QED) is 0.709. The third-order valence-corrected chi connectivity index (χ3v) is 2.83. The van der Waals surface area contributed by atoms with E-state index in [0.29, 0.717) is 0 Å². The third kappa shape index (κ3) is 2.44. The highest BCUT2D eigenvalue weighted by molar-refractivity contribution is 5.81. The van der Waals surface area contributed by atoms with Crippen molar-refractivity contribution in [1.29, 1.82) is 0 Å². The molecule has 1 rings (SSSR count). The van der Waals surface area contributed by atoms with Gasteiger partial charge in [-0.3, -0.25) is 4.79 Å². The van der Waals surface area contributed by atoms with Gasteiger partial charge in [-0.25, -0.2) is 0 Å². The van der Waals surface area contributed by atoms with Gasteiger partial charge in [0.05, 0.1) is 6.04 Å². The highest BCUT2D eigenvalue weighted by Gasteiger charge is 2.34. The lowest BCUT2D eigenvalue weighted by Gasteiger charge is -2.41. The second-order valence-electron chi connectivity index (χ2n) is 4.51. The number of hydrogen-bond acceptors (Lipinski definition) is 2. The minimum atomic E-state index is -0.0553. The maximum atomic E-state index is 11.5. The lowest BCUT2D eigenvalue weighted by molar-refractivity contribution is -0.131. The van der Waals surface area contributed by atoms with Gasteiger partial charge >= 0.3 is 0 Å². The van der Waals surface area contributed by atoms with E-state index in [9.17, 15) is 4.79 Å². The van der Waals surface area contributed by atoms with E-state index in [4.69, 9.17) is 0 Å². The van der Waals surface area contributed by atoms with Crippen LogP contribution in [0.25, 0.3) is 0 Å². The molecule has 0 aromatic carbocycles. The number of carbonyl (C=O) groups is 1. The molecule has 0 heterocycles. The molecule has 0 radical (unpaired) electrons. The molecule has 1 fully saturated rings. The summed E-state index contributed by atoms with van der Waals surface area (Å²) in [6, 6.07) is -0.0553. The topological polar surface area (TPSA) is 32.3 Å². The van der Waals surface area contributed by atoms with Crippen LogP contribution in [0.1, 0.15) is 33.1 Å². The van der Waals surface area contributed by atoms with Crippen molar-refractivity contribution in [1.82, 2.24) is 10.2 Å². The third-order valence-electron chi connectivity index (χ3n) is 2.83. The van der Waals surface area contributed by atoms with Crippen molar-refractivity contribution in [3.63, 3.8) is 0 Å². The van der Waals surface area contributed by atoms with Crippen LogP contribution in [0.2, 0.25) is 0 Å². The first kappa shape index (κ1) is 10.5. The second-order valence-corrected chi connectivity index (χ2v) is 4.51. The highest BCUT2D eigenvalue weighted by atomic mass is 16.2. The van der Waals surface area contributed by atoms with Crippen LogP contribution in [-0.2, 0) is 4.79 Å². The van der Waals surface area contributed by atoms with Crippen LogP contribution < -0.4 is 5.32 Å². The van der Waals surface area contributed by atoms with Crippen molar-refractivity contribution in [2.75, 3.05) is 14.1 Å². The summed E-state index contributed by atoms with van der Waals surface area (Å²) in [5.41, 5.74) is 0.213. The molecule has 1 aliphatic rings. The van der Waals surface area contributed by atoms with Crippen molar-refractivity contribution >= 4 is 5.91 Å². The zero-order valence-corrected chi connectivity index (χ0v) is 9.05. The molecule has 1 aliphatic carbocycles. The SMILES string of the molecule is CC(NC1(C)CCC1)C(=O)N(C)C. The van der Waals surface area contributed by atoms with Crippen molar-refractivity contribution < 1.29 is 4.79 Å². The van der Waals surface area contributed by atoms with Gasteiger partial charge in [0.2, 0.25) is 5.91 Å². The number of amides is 1. The largest absolute Gasteiger partial charge is 0.347 e. The summed E-state index contributed by atoms with van der Waals surface area (Å²) in [4.78, 5) is 13.2. The van der Waals surface area contributed by atoms with Crippen LogP contribution in [0.4, 0.5) is 0 Å². The monoisotopic (exact) mass is 184 g/mol. The number of nitrogens with one attached hydrogen (secondary N) is 1. The molecule has 1 atom stereocenters. The summed E-state index contributed by atoms with van der Waals surface area (Å²) in [6.07, 6.45) is 3.67. The predicted molar refractivity (Wildman–Crippen MR) is 53.5 cm³/mol. The molecule has 0 aliphatic heterocycles. The first-order chi connectivity index (χ1) is 5.94. The fourth-order valence-corrected chi connectivity index (χ4v) is 1.82. The molecule has 3 heteroatoms. The van der Waals surface area contributed by atoms with Gasteiger partial charge in [0.15, 0.2) is 0 Å². The van der Waals surface area contributed by atoms with Crippen LogP contribution in [0.15, 0.2) is 0 Å². The van der Waals surface area contributed by atoms with Gasteiger partial charge in [0.25, 0.3) is 0 Å². The number of likely N-dealkylation sites (N-methyl/N-ethyl adjacent to an activating group) is 1. The Morgan fingerprint density at radius 3 is 2.31 bits per heavy atom. The summed E-state index contributed by atoms with van der Waals surface area (Å²) >= 11 is 0. The van der Waals surface area contributed by atoms with E-state index < -0.39 is 0 Å². The molecule has 0 aromatic rings. The molecule has 1 N–H and O–H groups in total. The van der Waals surface area contributed by atoms with Crippen LogP contribution in [-0.4, -0.2) is 36.5 Å². The fraction of sp³-hybridized carbons (Fsp3) is 0.900. The predicted octanol–water partition coefficient (Wildman–Crippen LogP) is 0.995. The van der Waals surface area contributed by atoms with Gasteiger partial charge in [-0.05, 0) is 33.1 Å². The van der Waals surface area contributed by atoms with Crippen LogP contribution in [0, 0.1) is 0 Å². The molecule has 0 spiro atoms. The van der Waals surface area contributed by atoms with Crippen LogP contribution in [0.3, 0.4) is 0 Å². The van der Waals surface area contributed by atoms with E-state index in [1.807, 2.05) is 6.92 Å². The Balaban J connectivity index is 2.40. The normalized spacial score (nSPS) is 21.8. The standard InChI is InChI=1S/C10H20N2O/c1-8(9(13)12(3)4)11-10(2)6-5-7-10/h8,11H,5-7H2,1-4H3. The molecule has 0 aromatic heterocycles. The van der Waals surface area contributed by atoms with Gasteiger partial charge in [-0.15, -0.1) is 0 Å². The molecule has 13 heavy (non-hydrogen) atoms. The molecule has 1 saturated carbocycles. The van der Waals surface area contributed by atoms with Gasteiger partial charge in [0.1, 0.15) is 0 Å². The molecule has 1 amide bonds. The van der Waals surface area contributed by atoms with E-state index in [-0.39, 0.29) is 17.5 Å². The Morgan fingerprint density at radius 2 is 2.00 bits per heavy atom. The number of rotatable bonds is 3. The van der Waals surface area contributed by atoms with E-state index in [1.165, 1.54) is 19.3 Å². The van der Waals surface area contributed by atoms with Crippen molar-refractivity contribution in [3.05, 3.63) is 0 Å². The van der Waals surface area contributed by atoms with E-state index in [2.05, 4.69) is 12.2 Å². The van der Waals surface area contributed by atoms with E-state index >= 15 is 0 Å².